The van der Waals surface area contributed by atoms with E-state index >= 15 is 0 Å². The number of hydrogen-bond donors (Lipinski definition) is 1. The highest BCUT2D eigenvalue weighted by Gasteiger charge is 2.22. The van der Waals surface area contributed by atoms with Gasteiger partial charge in [0.25, 0.3) is 0 Å². The largest absolute Gasteiger partial charge is 0.497 e. The van der Waals surface area contributed by atoms with Crippen molar-refractivity contribution < 1.29 is 14.3 Å². The standard InChI is InChI=1S/C27H31N3O3S/c1-20(17-25-5-4-16-34-25)29(18-21-7-13-24(33-2)14-8-21)19-26(31)28-22-9-11-23(12-10-22)30-15-3-6-27(30)32/h4-5,7-14,16,20H,3,6,15,17-19H2,1-2H3,(H,28,31)/t20-/m0/s1. The predicted octanol–water partition coefficient (Wildman–Crippen LogP) is 4.96. The van der Waals surface area contributed by atoms with Crippen LogP contribution >= 0.6 is 11.3 Å². The van der Waals surface area contributed by atoms with E-state index in [2.05, 4.69) is 34.7 Å². The number of benzene rings is 2. The van der Waals surface area contributed by atoms with Crippen LogP contribution in [0, 0.1) is 0 Å². The molecule has 1 N–H and O–H groups in total. The molecule has 1 atom stereocenters. The van der Waals surface area contributed by atoms with Gasteiger partial charge in [-0.1, -0.05) is 18.2 Å². The van der Waals surface area contributed by atoms with E-state index in [0.717, 1.165) is 42.1 Å². The lowest BCUT2D eigenvalue weighted by Crippen LogP contribution is -2.40. The Labute approximate surface area is 205 Å². The zero-order chi connectivity index (χ0) is 23.9. The summed E-state index contributed by atoms with van der Waals surface area (Å²) in [4.78, 5) is 30.3. The molecule has 2 amide bonds. The van der Waals surface area contributed by atoms with Crippen LogP contribution in [-0.4, -0.2) is 43.0 Å². The Morgan fingerprint density at radius 1 is 1.15 bits per heavy atom. The molecule has 6 nitrogen and oxygen atoms in total. The monoisotopic (exact) mass is 477 g/mol. The van der Waals surface area contributed by atoms with Crippen LogP contribution in [0.3, 0.4) is 0 Å². The van der Waals surface area contributed by atoms with E-state index in [1.807, 2.05) is 48.5 Å². The van der Waals surface area contributed by atoms with Gasteiger partial charge in [0.15, 0.2) is 0 Å². The highest BCUT2D eigenvalue weighted by Crippen LogP contribution is 2.23. The lowest BCUT2D eigenvalue weighted by Gasteiger charge is -2.28. The van der Waals surface area contributed by atoms with Gasteiger partial charge in [0, 0.05) is 41.8 Å². The summed E-state index contributed by atoms with van der Waals surface area (Å²) in [6, 6.07) is 19.9. The number of rotatable bonds is 10. The maximum absolute atomic E-state index is 13.0. The van der Waals surface area contributed by atoms with Crippen LogP contribution in [-0.2, 0) is 22.6 Å². The first-order valence-corrected chi connectivity index (χ1v) is 12.5. The minimum Gasteiger partial charge on any atom is -0.497 e. The molecule has 3 aromatic rings. The fourth-order valence-corrected chi connectivity index (χ4v) is 5.04. The van der Waals surface area contributed by atoms with Crippen LogP contribution < -0.4 is 15.0 Å². The van der Waals surface area contributed by atoms with E-state index in [1.54, 1.807) is 23.3 Å². The third-order valence-corrected chi connectivity index (χ3v) is 7.03. The first-order chi connectivity index (χ1) is 16.5. The molecule has 34 heavy (non-hydrogen) atoms. The lowest BCUT2D eigenvalue weighted by atomic mass is 10.1. The number of anilines is 2. The molecular formula is C27H31N3O3S. The number of ether oxygens (including phenoxy) is 1. The molecule has 178 valence electrons. The Bertz CT molecular complexity index is 1080. The van der Waals surface area contributed by atoms with Gasteiger partial charge in [-0.2, -0.15) is 0 Å². The molecule has 1 saturated heterocycles. The topological polar surface area (TPSA) is 61.9 Å². The molecule has 0 unspecified atom stereocenters. The molecule has 2 heterocycles. The molecular weight excluding hydrogens is 446 g/mol. The fourth-order valence-electron chi connectivity index (χ4n) is 4.21. The highest BCUT2D eigenvalue weighted by molar-refractivity contribution is 7.09. The Morgan fingerprint density at radius 2 is 1.91 bits per heavy atom. The van der Waals surface area contributed by atoms with E-state index in [1.165, 1.54) is 4.88 Å². The average Bonchev–Trinajstić information content (AvgIpc) is 3.51. The Morgan fingerprint density at radius 3 is 2.53 bits per heavy atom. The van der Waals surface area contributed by atoms with Crippen LogP contribution in [0.4, 0.5) is 11.4 Å². The zero-order valence-corrected chi connectivity index (χ0v) is 20.5. The fraction of sp³-hybridized carbons (Fsp3) is 0.333. The first-order valence-electron chi connectivity index (χ1n) is 11.6. The Kier molecular flexibility index (Phi) is 7.98. The number of methoxy groups -OCH3 is 1. The third kappa shape index (κ3) is 6.24. The Balaban J connectivity index is 1.41. The summed E-state index contributed by atoms with van der Waals surface area (Å²) < 4.78 is 5.27. The van der Waals surface area contributed by atoms with Gasteiger partial charge < -0.3 is 15.0 Å². The summed E-state index contributed by atoms with van der Waals surface area (Å²) in [5.41, 5.74) is 2.74. The first kappa shape index (κ1) is 24.0. The van der Waals surface area contributed by atoms with Gasteiger partial charge in [-0.05, 0) is 73.2 Å². The second-order valence-corrected chi connectivity index (χ2v) is 9.66. The van der Waals surface area contributed by atoms with Crippen molar-refractivity contribution in [1.29, 1.82) is 0 Å². The Hall–Kier alpha value is -3.16. The van der Waals surface area contributed by atoms with Gasteiger partial charge in [0.2, 0.25) is 11.8 Å². The summed E-state index contributed by atoms with van der Waals surface area (Å²) in [6.45, 7) is 3.87. The van der Waals surface area contributed by atoms with Crippen molar-refractivity contribution in [3.05, 3.63) is 76.5 Å². The van der Waals surface area contributed by atoms with Crippen LogP contribution in [0.15, 0.2) is 66.0 Å². The van der Waals surface area contributed by atoms with Crippen molar-refractivity contribution >= 4 is 34.5 Å². The molecule has 1 aliphatic heterocycles. The van der Waals surface area contributed by atoms with E-state index in [9.17, 15) is 9.59 Å². The molecule has 0 radical (unpaired) electrons. The SMILES string of the molecule is COc1ccc(CN(CC(=O)Nc2ccc(N3CCCC3=O)cc2)[C@@H](C)Cc2cccs2)cc1. The number of nitrogens with one attached hydrogen (secondary N) is 1. The predicted molar refractivity (Wildman–Crippen MR) is 138 cm³/mol. The average molecular weight is 478 g/mol. The molecule has 2 aromatic carbocycles. The van der Waals surface area contributed by atoms with Crippen LogP contribution in [0.5, 0.6) is 5.75 Å². The third-order valence-electron chi connectivity index (χ3n) is 6.13. The van der Waals surface area contributed by atoms with Crippen molar-refractivity contribution in [1.82, 2.24) is 4.90 Å². The van der Waals surface area contributed by atoms with Crippen LogP contribution in [0.25, 0.3) is 0 Å². The molecule has 1 aromatic heterocycles. The number of hydrogen-bond acceptors (Lipinski definition) is 5. The second-order valence-electron chi connectivity index (χ2n) is 8.63. The molecule has 0 aliphatic carbocycles. The molecule has 4 rings (SSSR count). The lowest BCUT2D eigenvalue weighted by molar-refractivity contribution is -0.118. The van der Waals surface area contributed by atoms with Crippen molar-refractivity contribution in [2.45, 2.75) is 38.8 Å². The quantitative estimate of drug-likeness (QED) is 0.449. The van der Waals surface area contributed by atoms with Gasteiger partial charge >= 0.3 is 0 Å². The summed E-state index contributed by atoms with van der Waals surface area (Å²) >= 11 is 1.74. The van der Waals surface area contributed by atoms with Gasteiger partial charge in [-0.15, -0.1) is 11.3 Å². The minimum absolute atomic E-state index is 0.0588. The summed E-state index contributed by atoms with van der Waals surface area (Å²) in [5, 5.41) is 5.10. The number of carbonyl (C=O) groups is 2. The molecule has 0 saturated carbocycles. The number of nitrogens with zero attached hydrogens (tertiary/aromatic N) is 2. The van der Waals surface area contributed by atoms with Gasteiger partial charge in [-0.3, -0.25) is 14.5 Å². The number of carbonyl (C=O) groups excluding carboxylic acids is 2. The normalized spacial score (nSPS) is 14.4. The minimum atomic E-state index is -0.0588. The van der Waals surface area contributed by atoms with Gasteiger partial charge in [-0.25, -0.2) is 0 Å². The molecule has 1 aliphatic rings. The van der Waals surface area contributed by atoms with Crippen molar-refractivity contribution in [3.63, 3.8) is 0 Å². The zero-order valence-electron chi connectivity index (χ0n) is 19.7. The van der Waals surface area contributed by atoms with Gasteiger partial charge in [0.05, 0.1) is 13.7 Å². The second kappa shape index (κ2) is 11.3. The van der Waals surface area contributed by atoms with Crippen molar-refractivity contribution in [2.75, 3.05) is 30.4 Å². The van der Waals surface area contributed by atoms with Crippen LogP contribution in [0.2, 0.25) is 0 Å². The maximum Gasteiger partial charge on any atom is 0.238 e. The van der Waals surface area contributed by atoms with E-state index in [-0.39, 0.29) is 24.4 Å². The summed E-state index contributed by atoms with van der Waals surface area (Å²) in [7, 11) is 1.66. The van der Waals surface area contributed by atoms with Crippen molar-refractivity contribution in [3.8, 4) is 5.75 Å². The van der Waals surface area contributed by atoms with Gasteiger partial charge in [0.1, 0.15) is 5.75 Å². The molecule has 0 bridgehead atoms. The number of amides is 2. The van der Waals surface area contributed by atoms with Crippen LogP contribution in [0.1, 0.15) is 30.2 Å². The summed E-state index contributed by atoms with van der Waals surface area (Å²) in [6.07, 6.45) is 2.39. The van der Waals surface area contributed by atoms with E-state index in [4.69, 9.17) is 4.74 Å². The molecule has 7 heteroatoms. The number of thiophene rings is 1. The summed E-state index contributed by atoms with van der Waals surface area (Å²) in [5.74, 6) is 0.918. The molecule has 1 fully saturated rings. The molecule has 0 spiro atoms. The smallest absolute Gasteiger partial charge is 0.238 e. The van der Waals surface area contributed by atoms with E-state index < -0.39 is 0 Å². The van der Waals surface area contributed by atoms with E-state index in [0.29, 0.717) is 13.0 Å². The van der Waals surface area contributed by atoms with Crippen molar-refractivity contribution in [2.24, 2.45) is 0 Å². The highest BCUT2D eigenvalue weighted by atomic mass is 32.1. The maximum atomic E-state index is 13.0.